The zero-order valence-electron chi connectivity index (χ0n) is 10.8. The van der Waals surface area contributed by atoms with Gasteiger partial charge in [-0.3, -0.25) is 20.4 Å². The van der Waals surface area contributed by atoms with Gasteiger partial charge in [0.25, 0.3) is 11.8 Å². The van der Waals surface area contributed by atoms with Crippen molar-refractivity contribution in [1.29, 1.82) is 0 Å². The van der Waals surface area contributed by atoms with Crippen LogP contribution in [0.1, 0.15) is 31.2 Å². The van der Waals surface area contributed by atoms with Crippen molar-refractivity contribution in [1.82, 2.24) is 10.9 Å². The predicted octanol–water partition coefficient (Wildman–Crippen LogP) is 1.66. The van der Waals surface area contributed by atoms with Gasteiger partial charge in [0.1, 0.15) is 5.41 Å². The summed E-state index contributed by atoms with van der Waals surface area (Å²) >= 11 is 0. The van der Waals surface area contributed by atoms with Crippen molar-refractivity contribution < 1.29 is 9.59 Å². The van der Waals surface area contributed by atoms with Gasteiger partial charge in [0, 0.05) is 5.92 Å². The third-order valence-corrected chi connectivity index (χ3v) is 4.20. The highest BCUT2D eigenvalue weighted by Crippen LogP contribution is 2.48. The molecule has 1 aliphatic carbocycles. The van der Waals surface area contributed by atoms with E-state index in [0.717, 1.165) is 12.0 Å². The maximum atomic E-state index is 12.2. The Labute approximate surface area is 111 Å². The first-order valence-corrected chi connectivity index (χ1v) is 6.46. The molecule has 0 saturated carbocycles. The predicted molar refractivity (Wildman–Crippen MR) is 70.9 cm³/mol. The van der Waals surface area contributed by atoms with Crippen LogP contribution in [0.5, 0.6) is 0 Å². The molecule has 1 aliphatic heterocycles. The molecule has 19 heavy (non-hydrogen) atoms. The maximum Gasteiger partial charge on any atom is 0.255 e. The van der Waals surface area contributed by atoms with Crippen molar-refractivity contribution in [2.45, 2.75) is 25.7 Å². The number of carbonyl (C=O) groups is 2. The fraction of sp³-hybridized carbons (Fsp3) is 0.333. The van der Waals surface area contributed by atoms with E-state index < -0.39 is 5.41 Å². The Morgan fingerprint density at radius 1 is 1.11 bits per heavy atom. The number of allylic oxidation sites excluding steroid dienone is 2. The van der Waals surface area contributed by atoms with E-state index in [1.807, 2.05) is 43.3 Å². The smallest absolute Gasteiger partial charge is 0.255 e. The molecule has 1 saturated heterocycles. The van der Waals surface area contributed by atoms with E-state index in [-0.39, 0.29) is 17.7 Å². The Bertz CT molecular complexity index is 547. The van der Waals surface area contributed by atoms with Crippen molar-refractivity contribution in [2.75, 3.05) is 0 Å². The van der Waals surface area contributed by atoms with Gasteiger partial charge in [-0.25, -0.2) is 0 Å². The molecule has 1 aromatic rings. The van der Waals surface area contributed by atoms with Crippen LogP contribution in [0.3, 0.4) is 0 Å². The fourth-order valence-electron chi connectivity index (χ4n) is 3.09. The van der Waals surface area contributed by atoms with E-state index in [0.29, 0.717) is 6.42 Å². The minimum Gasteiger partial charge on any atom is -0.272 e. The van der Waals surface area contributed by atoms with Crippen LogP contribution in [0.4, 0.5) is 0 Å². The Kier molecular flexibility index (Phi) is 2.66. The monoisotopic (exact) mass is 256 g/mol. The van der Waals surface area contributed by atoms with Gasteiger partial charge in [-0.15, -0.1) is 0 Å². The molecule has 1 fully saturated rings. The van der Waals surface area contributed by atoms with Gasteiger partial charge in [-0.05, 0) is 25.3 Å². The van der Waals surface area contributed by atoms with Crippen molar-refractivity contribution in [3.05, 3.63) is 47.5 Å². The molecule has 0 aromatic heterocycles. The highest BCUT2D eigenvalue weighted by Gasteiger charge is 2.56. The molecule has 2 aliphatic rings. The molecular weight excluding hydrogens is 240 g/mol. The number of hydrazine groups is 1. The van der Waals surface area contributed by atoms with Crippen molar-refractivity contribution in [3.63, 3.8) is 0 Å². The second-order valence-electron chi connectivity index (χ2n) is 5.30. The molecule has 1 unspecified atom stereocenters. The second kappa shape index (κ2) is 4.23. The van der Waals surface area contributed by atoms with E-state index in [4.69, 9.17) is 0 Å². The van der Waals surface area contributed by atoms with Crippen LogP contribution >= 0.6 is 0 Å². The quantitative estimate of drug-likeness (QED) is 0.593. The minimum absolute atomic E-state index is 0.0961. The molecule has 4 heteroatoms. The van der Waals surface area contributed by atoms with Gasteiger partial charge in [-0.2, -0.15) is 0 Å². The number of carbonyl (C=O) groups excluding carboxylic acids is 2. The van der Waals surface area contributed by atoms with Crippen molar-refractivity contribution in [3.8, 4) is 0 Å². The van der Waals surface area contributed by atoms with Crippen LogP contribution in [0, 0.1) is 5.41 Å². The van der Waals surface area contributed by atoms with Gasteiger partial charge in [0.05, 0.1) is 0 Å². The van der Waals surface area contributed by atoms with Crippen LogP contribution in [-0.2, 0) is 9.59 Å². The number of rotatable bonds is 1. The Morgan fingerprint density at radius 2 is 1.74 bits per heavy atom. The van der Waals surface area contributed by atoms with Gasteiger partial charge < -0.3 is 0 Å². The van der Waals surface area contributed by atoms with E-state index in [2.05, 4.69) is 10.9 Å². The first kappa shape index (κ1) is 12.0. The molecule has 1 spiro atoms. The third kappa shape index (κ3) is 1.67. The largest absolute Gasteiger partial charge is 0.272 e. The number of benzene rings is 1. The van der Waals surface area contributed by atoms with Crippen LogP contribution in [0.2, 0.25) is 0 Å². The van der Waals surface area contributed by atoms with Gasteiger partial charge in [-0.1, -0.05) is 42.0 Å². The minimum atomic E-state index is -0.985. The molecule has 2 amide bonds. The lowest BCUT2D eigenvalue weighted by atomic mass is 9.64. The number of hydrogen-bond donors (Lipinski definition) is 2. The Balaban J connectivity index is 2.11. The highest BCUT2D eigenvalue weighted by molar-refractivity contribution is 6.11. The summed E-state index contributed by atoms with van der Waals surface area (Å²) in [6.07, 6.45) is 3.21. The molecule has 4 nitrogen and oxygen atoms in total. The number of nitrogens with one attached hydrogen (secondary N) is 2. The van der Waals surface area contributed by atoms with E-state index in [1.165, 1.54) is 5.57 Å². The normalized spacial score (nSPS) is 24.9. The molecule has 1 atom stereocenters. The van der Waals surface area contributed by atoms with Gasteiger partial charge in [0.2, 0.25) is 0 Å². The first-order valence-electron chi connectivity index (χ1n) is 6.46. The van der Waals surface area contributed by atoms with Crippen molar-refractivity contribution in [2.24, 2.45) is 5.41 Å². The Morgan fingerprint density at radius 3 is 2.37 bits per heavy atom. The highest BCUT2D eigenvalue weighted by atomic mass is 16.2. The van der Waals surface area contributed by atoms with Crippen LogP contribution in [0.25, 0.3) is 0 Å². The van der Waals surface area contributed by atoms with Crippen LogP contribution < -0.4 is 10.9 Å². The average molecular weight is 256 g/mol. The molecule has 1 heterocycles. The summed E-state index contributed by atoms with van der Waals surface area (Å²) in [5.41, 5.74) is 6.24. The molecule has 2 N–H and O–H groups in total. The topological polar surface area (TPSA) is 58.2 Å². The zero-order chi connectivity index (χ0) is 13.5. The van der Waals surface area contributed by atoms with Gasteiger partial charge in [0.15, 0.2) is 0 Å². The fourth-order valence-corrected chi connectivity index (χ4v) is 3.09. The SMILES string of the molecule is CC1=CCC2(C(=O)NNC2=O)C(c2ccccc2)C1. The zero-order valence-corrected chi connectivity index (χ0v) is 10.8. The van der Waals surface area contributed by atoms with E-state index in [1.54, 1.807) is 0 Å². The lowest BCUT2D eigenvalue weighted by molar-refractivity contribution is -0.137. The second-order valence-corrected chi connectivity index (χ2v) is 5.30. The summed E-state index contributed by atoms with van der Waals surface area (Å²) in [5, 5.41) is 0. The summed E-state index contributed by atoms with van der Waals surface area (Å²) in [6.45, 7) is 2.05. The maximum absolute atomic E-state index is 12.2. The lowest BCUT2D eigenvalue weighted by Gasteiger charge is -2.35. The summed E-state index contributed by atoms with van der Waals surface area (Å²) in [7, 11) is 0. The average Bonchev–Trinajstić information content (AvgIpc) is 2.71. The first-order chi connectivity index (χ1) is 9.14. The molecule has 98 valence electrons. The molecule has 0 radical (unpaired) electrons. The number of hydrogen-bond acceptors (Lipinski definition) is 2. The molecular formula is C15H16N2O2. The lowest BCUT2D eigenvalue weighted by Crippen LogP contribution is -2.43. The summed E-state index contributed by atoms with van der Waals surface area (Å²) in [6, 6.07) is 9.81. The standard InChI is InChI=1S/C15H16N2O2/c1-10-7-8-15(13(18)16-17-14(15)19)12(9-10)11-5-3-2-4-6-11/h2-7,12H,8-9H2,1H3,(H,16,18)(H,17,19). The Hall–Kier alpha value is -2.10. The number of amides is 2. The molecule has 1 aromatic carbocycles. The summed E-state index contributed by atoms with van der Waals surface area (Å²) in [5.74, 6) is -0.522. The van der Waals surface area contributed by atoms with Crippen LogP contribution in [-0.4, -0.2) is 11.8 Å². The summed E-state index contributed by atoms with van der Waals surface area (Å²) < 4.78 is 0. The molecule has 0 bridgehead atoms. The summed E-state index contributed by atoms with van der Waals surface area (Å²) in [4.78, 5) is 24.5. The van der Waals surface area contributed by atoms with E-state index >= 15 is 0 Å². The van der Waals surface area contributed by atoms with Crippen LogP contribution in [0.15, 0.2) is 42.0 Å². The molecule has 3 rings (SSSR count). The van der Waals surface area contributed by atoms with Gasteiger partial charge >= 0.3 is 0 Å². The van der Waals surface area contributed by atoms with E-state index in [9.17, 15) is 9.59 Å². The third-order valence-electron chi connectivity index (χ3n) is 4.20. The van der Waals surface area contributed by atoms with Crippen molar-refractivity contribution >= 4 is 11.8 Å².